The molecular weight excluding hydrogens is 178 g/mol. The average molecular weight is 201 g/mol. The average Bonchev–Trinajstić information content (AvgIpc) is 2.14. The molecule has 0 amide bonds. The Bertz CT molecular complexity index is 161. The largest absolute Gasteiger partial charge is 0.394 e. The van der Waals surface area contributed by atoms with Gasteiger partial charge in [-0.25, -0.2) is 0 Å². The molecule has 0 aromatic rings. The molecule has 1 aliphatic rings. The van der Waals surface area contributed by atoms with Gasteiger partial charge in [0.05, 0.1) is 18.8 Å². The Labute approximate surface area is 86.6 Å². The van der Waals surface area contributed by atoms with Crippen molar-refractivity contribution < 1.29 is 9.84 Å². The fourth-order valence-corrected chi connectivity index (χ4v) is 2.08. The molecule has 3 heteroatoms. The zero-order valence-corrected chi connectivity index (χ0v) is 9.28. The quantitative estimate of drug-likeness (QED) is 0.720. The van der Waals surface area contributed by atoms with Crippen molar-refractivity contribution in [2.75, 3.05) is 6.61 Å². The Morgan fingerprint density at radius 2 is 2.21 bits per heavy atom. The van der Waals surface area contributed by atoms with Gasteiger partial charge in [0.2, 0.25) is 0 Å². The van der Waals surface area contributed by atoms with E-state index in [1.54, 1.807) is 0 Å². The van der Waals surface area contributed by atoms with Crippen molar-refractivity contribution >= 4 is 0 Å². The fraction of sp³-hybridized carbons (Fsp3) is 1.00. The summed E-state index contributed by atoms with van der Waals surface area (Å²) in [7, 11) is 0. The van der Waals surface area contributed by atoms with Crippen molar-refractivity contribution in [3.05, 3.63) is 0 Å². The van der Waals surface area contributed by atoms with Crippen molar-refractivity contribution in [3.8, 4) is 0 Å². The van der Waals surface area contributed by atoms with Gasteiger partial charge < -0.3 is 15.6 Å². The van der Waals surface area contributed by atoms with E-state index in [9.17, 15) is 0 Å². The standard InChI is InChI=1S/C11H23NO2/c1-8-4-3-5-10(6-8)14-11(7-13)9(2)12/h8-11,13H,3-7,12H2,1-2H3. The molecule has 1 rings (SSSR count). The van der Waals surface area contributed by atoms with Crippen LogP contribution in [-0.4, -0.2) is 30.0 Å². The van der Waals surface area contributed by atoms with Crippen LogP contribution >= 0.6 is 0 Å². The van der Waals surface area contributed by atoms with E-state index < -0.39 is 0 Å². The normalized spacial score (nSPS) is 32.6. The third kappa shape index (κ3) is 3.56. The van der Waals surface area contributed by atoms with Crippen LogP contribution in [0.4, 0.5) is 0 Å². The fourth-order valence-electron chi connectivity index (χ4n) is 2.08. The van der Waals surface area contributed by atoms with E-state index in [-0.39, 0.29) is 18.8 Å². The molecule has 0 aliphatic heterocycles. The highest BCUT2D eigenvalue weighted by atomic mass is 16.5. The van der Waals surface area contributed by atoms with Gasteiger partial charge in [0, 0.05) is 6.04 Å². The number of nitrogens with two attached hydrogens (primary N) is 1. The minimum atomic E-state index is -0.190. The van der Waals surface area contributed by atoms with Gasteiger partial charge in [-0.2, -0.15) is 0 Å². The first-order valence-electron chi connectivity index (χ1n) is 5.65. The summed E-state index contributed by atoms with van der Waals surface area (Å²) < 4.78 is 5.80. The van der Waals surface area contributed by atoms with Gasteiger partial charge in [0.1, 0.15) is 0 Å². The Hall–Kier alpha value is -0.120. The zero-order chi connectivity index (χ0) is 10.6. The molecule has 0 saturated heterocycles. The lowest BCUT2D eigenvalue weighted by Crippen LogP contribution is -2.40. The number of hydrogen-bond donors (Lipinski definition) is 2. The number of aliphatic hydroxyl groups excluding tert-OH is 1. The molecule has 0 spiro atoms. The molecule has 14 heavy (non-hydrogen) atoms. The minimum Gasteiger partial charge on any atom is -0.394 e. The Morgan fingerprint density at radius 1 is 1.50 bits per heavy atom. The van der Waals surface area contributed by atoms with Crippen LogP contribution in [-0.2, 0) is 4.74 Å². The van der Waals surface area contributed by atoms with Gasteiger partial charge in [-0.1, -0.05) is 19.8 Å². The molecule has 4 atom stereocenters. The molecule has 0 aromatic carbocycles. The Balaban J connectivity index is 2.33. The van der Waals surface area contributed by atoms with Gasteiger partial charge in [-0.3, -0.25) is 0 Å². The summed E-state index contributed by atoms with van der Waals surface area (Å²) in [5, 5.41) is 9.09. The maximum atomic E-state index is 9.09. The molecular formula is C11H23NO2. The summed E-state index contributed by atoms with van der Waals surface area (Å²) in [5.41, 5.74) is 5.71. The molecule has 1 saturated carbocycles. The third-order valence-corrected chi connectivity index (χ3v) is 3.02. The molecule has 3 N–H and O–H groups in total. The summed E-state index contributed by atoms with van der Waals surface area (Å²) in [5.74, 6) is 0.751. The molecule has 0 bridgehead atoms. The number of rotatable bonds is 4. The molecule has 84 valence electrons. The predicted octanol–water partition coefficient (Wildman–Crippen LogP) is 1.29. The number of ether oxygens (including phenoxy) is 1. The van der Waals surface area contributed by atoms with E-state index in [0.29, 0.717) is 6.10 Å². The highest BCUT2D eigenvalue weighted by Gasteiger charge is 2.23. The van der Waals surface area contributed by atoms with E-state index in [4.69, 9.17) is 15.6 Å². The first-order chi connectivity index (χ1) is 6.63. The summed E-state index contributed by atoms with van der Waals surface area (Å²) in [6, 6.07) is -0.0859. The van der Waals surface area contributed by atoms with Gasteiger partial charge in [-0.05, 0) is 25.7 Å². The lowest BCUT2D eigenvalue weighted by Gasteiger charge is -2.31. The summed E-state index contributed by atoms with van der Waals surface area (Å²) in [4.78, 5) is 0. The summed E-state index contributed by atoms with van der Waals surface area (Å²) in [6.07, 6.45) is 4.90. The molecule has 1 aliphatic carbocycles. The van der Waals surface area contributed by atoms with Gasteiger partial charge in [-0.15, -0.1) is 0 Å². The van der Waals surface area contributed by atoms with Crippen LogP contribution in [0.5, 0.6) is 0 Å². The number of hydrogen-bond acceptors (Lipinski definition) is 3. The topological polar surface area (TPSA) is 55.5 Å². The molecule has 4 unspecified atom stereocenters. The Kier molecular flexibility index (Phi) is 4.85. The highest BCUT2D eigenvalue weighted by molar-refractivity contribution is 4.75. The first kappa shape index (κ1) is 12.0. The van der Waals surface area contributed by atoms with Crippen molar-refractivity contribution in [1.82, 2.24) is 0 Å². The second-order valence-electron chi connectivity index (χ2n) is 4.61. The van der Waals surface area contributed by atoms with Crippen LogP contribution in [0.25, 0.3) is 0 Å². The van der Waals surface area contributed by atoms with Crippen molar-refractivity contribution in [3.63, 3.8) is 0 Å². The predicted molar refractivity (Wildman–Crippen MR) is 57.0 cm³/mol. The number of aliphatic hydroxyl groups is 1. The van der Waals surface area contributed by atoms with Crippen LogP contribution in [0.1, 0.15) is 39.5 Å². The molecule has 1 fully saturated rings. The van der Waals surface area contributed by atoms with Crippen LogP contribution in [0.2, 0.25) is 0 Å². The van der Waals surface area contributed by atoms with Gasteiger partial charge in [0.25, 0.3) is 0 Å². The Morgan fingerprint density at radius 3 is 2.71 bits per heavy atom. The summed E-state index contributed by atoms with van der Waals surface area (Å²) in [6.45, 7) is 4.17. The van der Waals surface area contributed by atoms with Crippen LogP contribution in [0.15, 0.2) is 0 Å². The highest BCUT2D eigenvalue weighted by Crippen LogP contribution is 2.26. The van der Waals surface area contributed by atoms with Gasteiger partial charge in [0.15, 0.2) is 0 Å². The van der Waals surface area contributed by atoms with Crippen LogP contribution in [0, 0.1) is 5.92 Å². The van der Waals surface area contributed by atoms with E-state index in [1.165, 1.54) is 12.8 Å². The second-order valence-corrected chi connectivity index (χ2v) is 4.61. The first-order valence-corrected chi connectivity index (χ1v) is 5.65. The van der Waals surface area contributed by atoms with Crippen LogP contribution < -0.4 is 5.73 Å². The third-order valence-electron chi connectivity index (χ3n) is 3.02. The molecule has 0 heterocycles. The smallest absolute Gasteiger partial charge is 0.0957 e. The second kappa shape index (κ2) is 5.69. The van der Waals surface area contributed by atoms with E-state index >= 15 is 0 Å². The van der Waals surface area contributed by atoms with Crippen LogP contribution in [0.3, 0.4) is 0 Å². The lowest BCUT2D eigenvalue weighted by atomic mass is 9.88. The zero-order valence-electron chi connectivity index (χ0n) is 9.28. The minimum absolute atomic E-state index is 0.0303. The van der Waals surface area contributed by atoms with Crippen molar-refractivity contribution in [2.45, 2.75) is 57.8 Å². The summed E-state index contributed by atoms with van der Waals surface area (Å²) >= 11 is 0. The maximum Gasteiger partial charge on any atom is 0.0957 e. The van der Waals surface area contributed by atoms with E-state index in [0.717, 1.165) is 18.8 Å². The molecule has 0 aromatic heterocycles. The molecule has 3 nitrogen and oxygen atoms in total. The van der Waals surface area contributed by atoms with Crippen molar-refractivity contribution in [1.29, 1.82) is 0 Å². The molecule has 0 radical (unpaired) electrons. The van der Waals surface area contributed by atoms with E-state index in [2.05, 4.69) is 6.92 Å². The lowest BCUT2D eigenvalue weighted by molar-refractivity contribution is -0.0680. The maximum absolute atomic E-state index is 9.09. The van der Waals surface area contributed by atoms with E-state index in [1.807, 2.05) is 6.92 Å². The SMILES string of the molecule is CC1CCCC(OC(CO)C(C)N)C1. The monoisotopic (exact) mass is 201 g/mol. The van der Waals surface area contributed by atoms with Gasteiger partial charge >= 0.3 is 0 Å². The van der Waals surface area contributed by atoms with Crippen molar-refractivity contribution in [2.24, 2.45) is 11.7 Å².